The number of hydrogen-bond donors (Lipinski definition) is 2. The molecule has 3 N–H and O–H groups in total. The van der Waals surface area contributed by atoms with Crippen LogP contribution >= 0.6 is 0 Å². The van der Waals surface area contributed by atoms with Gasteiger partial charge in [-0.2, -0.15) is 0 Å². The third-order valence-corrected chi connectivity index (χ3v) is 3.66. The third kappa shape index (κ3) is 4.64. The molecular weight excluding hydrogens is 216 g/mol. The first-order valence-corrected chi connectivity index (χ1v) is 6.86. The van der Waals surface area contributed by atoms with Crippen LogP contribution in [-0.4, -0.2) is 31.7 Å². The maximum Gasteiger partial charge on any atom is 0.223 e. The quantitative estimate of drug-likeness (QED) is 0.654. The topological polar surface area (TPSA) is 64.4 Å². The van der Waals surface area contributed by atoms with Crippen molar-refractivity contribution in [2.75, 3.05) is 19.8 Å². The van der Waals surface area contributed by atoms with Gasteiger partial charge in [-0.25, -0.2) is 0 Å². The molecule has 2 fully saturated rings. The Bertz CT molecular complexity index is 254. The van der Waals surface area contributed by atoms with Crippen LogP contribution in [0.1, 0.15) is 38.5 Å². The van der Waals surface area contributed by atoms with E-state index in [1.807, 2.05) is 0 Å². The van der Waals surface area contributed by atoms with Gasteiger partial charge in [-0.05, 0) is 44.4 Å². The molecule has 0 spiro atoms. The normalized spacial score (nSPS) is 28.3. The Morgan fingerprint density at radius 2 is 2.12 bits per heavy atom. The Morgan fingerprint density at radius 3 is 2.76 bits per heavy atom. The van der Waals surface area contributed by atoms with E-state index in [-0.39, 0.29) is 17.9 Å². The van der Waals surface area contributed by atoms with Gasteiger partial charge in [0.2, 0.25) is 5.91 Å². The van der Waals surface area contributed by atoms with Crippen LogP contribution in [0.25, 0.3) is 0 Å². The van der Waals surface area contributed by atoms with Crippen molar-refractivity contribution in [2.24, 2.45) is 17.6 Å². The monoisotopic (exact) mass is 240 g/mol. The largest absolute Gasteiger partial charge is 0.381 e. The molecule has 2 unspecified atom stereocenters. The zero-order chi connectivity index (χ0) is 12.1. The first-order chi connectivity index (χ1) is 8.25. The van der Waals surface area contributed by atoms with E-state index in [0.717, 1.165) is 51.4 Å². The van der Waals surface area contributed by atoms with E-state index in [1.165, 1.54) is 12.8 Å². The number of nitrogens with one attached hydrogen (secondary N) is 1. The molecule has 4 heteroatoms. The number of carbonyl (C=O) groups is 1. The summed E-state index contributed by atoms with van der Waals surface area (Å²) in [6.45, 7) is 2.40. The Morgan fingerprint density at radius 1 is 1.29 bits per heavy atom. The first kappa shape index (κ1) is 12.8. The van der Waals surface area contributed by atoms with Crippen molar-refractivity contribution >= 4 is 5.91 Å². The van der Waals surface area contributed by atoms with Gasteiger partial charge in [-0.3, -0.25) is 4.79 Å². The summed E-state index contributed by atoms with van der Waals surface area (Å²) < 4.78 is 5.51. The predicted molar refractivity (Wildman–Crippen MR) is 66.5 cm³/mol. The van der Waals surface area contributed by atoms with Crippen molar-refractivity contribution in [1.29, 1.82) is 0 Å². The highest BCUT2D eigenvalue weighted by molar-refractivity contribution is 5.78. The predicted octanol–water partition coefficient (Wildman–Crippen LogP) is 1.05. The number of nitrogens with two attached hydrogens (primary N) is 1. The van der Waals surface area contributed by atoms with E-state index in [4.69, 9.17) is 10.5 Å². The standard InChI is InChI=1S/C13H24N2O2/c14-12-5-4-11(8-12)13(16)15-6-1-7-17-9-10-2-3-10/h10-12H,1-9,14H2,(H,15,16). The highest BCUT2D eigenvalue weighted by Crippen LogP contribution is 2.28. The van der Waals surface area contributed by atoms with E-state index in [9.17, 15) is 4.79 Å². The summed E-state index contributed by atoms with van der Waals surface area (Å²) >= 11 is 0. The van der Waals surface area contributed by atoms with Crippen LogP contribution in [-0.2, 0) is 9.53 Å². The molecule has 0 bridgehead atoms. The van der Waals surface area contributed by atoms with Crippen molar-refractivity contribution in [1.82, 2.24) is 5.32 Å². The molecule has 1 amide bonds. The fourth-order valence-electron chi connectivity index (χ4n) is 2.32. The number of amides is 1. The van der Waals surface area contributed by atoms with Crippen molar-refractivity contribution in [2.45, 2.75) is 44.6 Å². The van der Waals surface area contributed by atoms with Crippen molar-refractivity contribution in [3.05, 3.63) is 0 Å². The van der Waals surface area contributed by atoms with Gasteiger partial charge in [0.25, 0.3) is 0 Å². The second-order valence-corrected chi connectivity index (χ2v) is 5.43. The summed E-state index contributed by atoms with van der Waals surface area (Å²) in [6, 6.07) is 0.229. The lowest BCUT2D eigenvalue weighted by molar-refractivity contribution is -0.124. The van der Waals surface area contributed by atoms with Crippen molar-refractivity contribution < 1.29 is 9.53 Å². The van der Waals surface area contributed by atoms with Crippen LogP contribution in [0.4, 0.5) is 0 Å². The molecule has 0 aromatic heterocycles. The molecule has 2 saturated carbocycles. The van der Waals surface area contributed by atoms with E-state index in [0.29, 0.717) is 0 Å². The molecule has 2 rings (SSSR count). The smallest absolute Gasteiger partial charge is 0.223 e. The average molecular weight is 240 g/mol. The second-order valence-electron chi connectivity index (χ2n) is 5.43. The Kier molecular flexibility index (Phi) is 4.80. The average Bonchev–Trinajstić information content (AvgIpc) is 3.04. The summed E-state index contributed by atoms with van der Waals surface area (Å²) in [7, 11) is 0. The van der Waals surface area contributed by atoms with Crippen LogP contribution in [0.15, 0.2) is 0 Å². The molecule has 2 aliphatic rings. The minimum Gasteiger partial charge on any atom is -0.381 e. The lowest BCUT2D eigenvalue weighted by Gasteiger charge is -2.10. The van der Waals surface area contributed by atoms with Crippen LogP contribution in [0.3, 0.4) is 0 Å². The summed E-state index contributed by atoms with van der Waals surface area (Å²) in [4.78, 5) is 11.7. The maximum absolute atomic E-state index is 11.7. The number of rotatable bonds is 7. The van der Waals surface area contributed by atoms with Gasteiger partial charge in [0.1, 0.15) is 0 Å². The van der Waals surface area contributed by atoms with Gasteiger partial charge in [0, 0.05) is 31.7 Å². The van der Waals surface area contributed by atoms with Crippen LogP contribution in [0.5, 0.6) is 0 Å². The molecule has 0 aromatic carbocycles. The van der Waals surface area contributed by atoms with Gasteiger partial charge < -0.3 is 15.8 Å². The lowest BCUT2D eigenvalue weighted by atomic mass is 10.1. The molecule has 0 aliphatic heterocycles. The van der Waals surface area contributed by atoms with E-state index in [2.05, 4.69) is 5.32 Å². The summed E-state index contributed by atoms with van der Waals surface area (Å²) in [5.41, 5.74) is 5.79. The SMILES string of the molecule is NC1CCC(C(=O)NCCCOCC2CC2)C1. The third-order valence-electron chi connectivity index (χ3n) is 3.66. The van der Waals surface area contributed by atoms with Gasteiger partial charge in [0.15, 0.2) is 0 Å². The van der Waals surface area contributed by atoms with E-state index >= 15 is 0 Å². The van der Waals surface area contributed by atoms with Gasteiger partial charge >= 0.3 is 0 Å². The minimum atomic E-state index is 0.150. The molecule has 2 aliphatic carbocycles. The molecule has 98 valence electrons. The van der Waals surface area contributed by atoms with Gasteiger partial charge in [-0.15, -0.1) is 0 Å². The Labute approximate surface area is 103 Å². The van der Waals surface area contributed by atoms with Gasteiger partial charge in [0.05, 0.1) is 0 Å². The molecule has 0 saturated heterocycles. The zero-order valence-electron chi connectivity index (χ0n) is 10.5. The highest BCUT2D eigenvalue weighted by Gasteiger charge is 2.27. The fourth-order valence-corrected chi connectivity index (χ4v) is 2.32. The van der Waals surface area contributed by atoms with Crippen LogP contribution < -0.4 is 11.1 Å². The summed E-state index contributed by atoms with van der Waals surface area (Å²) in [5, 5.41) is 2.97. The Hall–Kier alpha value is -0.610. The zero-order valence-corrected chi connectivity index (χ0v) is 10.5. The van der Waals surface area contributed by atoms with Crippen molar-refractivity contribution in [3.63, 3.8) is 0 Å². The first-order valence-electron chi connectivity index (χ1n) is 6.86. The van der Waals surface area contributed by atoms with Crippen LogP contribution in [0.2, 0.25) is 0 Å². The summed E-state index contributed by atoms with van der Waals surface area (Å²) in [6.07, 6.45) is 6.37. The maximum atomic E-state index is 11.7. The van der Waals surface area contributed by atoms with Crippen LogP contribution in [0, 0.1) is 11.8 Å². The molecule has 0 aromatic rings. The van der Waals surface area contributed by atoms with E-state index in [1.54, 1.807) is 0 Å². The summed E-state index contributed by atoms with van der Waals surface area (Å²) in [5.74, 6) is 1.15. The molecule has 0 heterocycles. The van der Waals surface area contributed by atoms with Gasteiger partial charge in [-0.1, -0.05) is 0 Å². The Balaban J connectivity index is 1.45. The van der Waals surface area contributed by atoms with Crippen molar-refractivity contribution in [3.8, 4) is 0 Å². The fraction of sp³-hybridized carbons (Fsp3) is 0.923. The number of carbonyl (C=O) groups excluding carboxylic acids is 1. The molecule has 2 atom stereocenters. The lowest BCUT2D eigenvalue weighted by Crippen LogP contribution is -2.31. The molecular formula is C13H24N2O2. The highest BCUT2D eigenvalue weighted by atomic mass is 16.5. The second kappa shape index (κ2) is 6.36. The van der Waals surface area contributed by atoms with E-state index < -0.39 is 0 Å². The number of hydrogen-bond acceptors (Lipinski definition) is 3. The molecule has 17 heavy (non-hydrogen) atoms. The number of ether oxygens (including phenoxy) is 1. The minimum absolute atomic E-state index is 0.150. The molecule has 0 radical (unpaired) electrons. The molecule has 4 nitrogen and oxygen atoms in total.